The number of carbonyl (C=O) groups excluding carboxylic acids is 1. The minimum Gasteiger partial charge on any atom is -0.333 e. The van der Waals surface area contributed by atoms with Crippen LogP contribution in [0.5, 0.6) is 0 Å². The predicted molar refractivity (Wildman–Crippen MR) is 68.6 cm³/mol. The number of aromatic nitrogens is 2. The summed E-state index contributed by atoms with van der Waals surface area (Å²) >= 11 is 0. The molecule has 18 heavy (non-hydrogen) atoms. The molecule has 0 aromatic carbocycles. The van der Waals surface area contributed by atoms with E-state index in [2.05, 4.69) is 22.2 Å². The molecule has 1 fully saturated rings. The van der Waals surface area contributed by atoms with Crippen molar-refractivity contribution in [2.24, 2.45) is 0 Å². The second kappa shape index (κ2) is 5.86. The first-order chi connectivity index (χ1) is 8.72. The average molecular weight is 252 g/mol. The van der Waals surface area contributed by atoms with Crippen molar-refractivity contribution in [3.8, 4) is 0 Å². The van der Waals surface area contributed by atoms with Gasteiger partial charge in [0.15, 0.2) is 0 Å². The monoisotopic (exact) mass is 252 g/mol. The number of hydrogen-bond donors (Lipinski definition) is 3. The highest BCUT2D eigenvalue weighted by Crippen LogP contribution is 2.13. The highest BCUT2D eigenvalue weighted by Gasteiger charge is 2.26. The molecule has 0 bridgehead atoms. The first kappa shape index (κ1) is 12.9. The molecule has 100 valence electrons. The molecule has 1 amide bonds. The summed E-state index contributed by atoms with van der Waals surface area (Å²) < 4.78 is 0. The van der Waals surface area contributed by atoms with Crippen molar-refractivity contribution in [2.75, 3.05) is 19.6 Å². The van der Waals surface area contributed by atoms with E-state index in [0.717, 1.165) is 38.9 Å². The second-order valence-electron chi connectivity index (χ2n) is 4.66. The molecule has 0 spiro atoms. The Morgan fingerprint density at radius 2 is 2.39 bits per heavy atom. The summed E-state index contributed by atoms with van der Waals surface area (Å²) in [7, 11) is 0. The molecule has 0 saturated carbocycles. The average Bonchev–Trinajstić information content (AvgIpc) is 2.83. The number of rotatable bonds is 4. The summed E-state index contributed by atoms with van der Waals surface area (Å²) in [6.07, 6.45) is 4.47. The van der Waals surface area contributed by atoms with E-state index in [-0.39, 0.29) is 17.6 Å². The van der Waals surface area contributed by atoms with Gasteiger partial charge in [0.05, 0.1) is 0 Å². The van der Waals surface area contributed by atoms with Gasteiger partial charge in [-0.1, -0.05) is 6.92 Å². The van der Waals surface area contributed by atoms with E-state index < -0.39 is 0 Å². The lowest BCUT2D eigenvalue weighted by Gasteiger charge is -2.34. The van der Waals surface area contributed by atoms with Crippen molar-refractivity contribution in [3.05, 3.63) is 22.4 Å². The minimum atomic E-state index is -0.337. The van der Waals surface area contributed by atoms with E-state index in [1.165, 1.54) is 6.20 Å². The van der Waals surface area contributed by atoms with Crippen LogP contribution in [-0.4, -0.2) is 46.5 Å². The van der Waals surface area contributed by atoms with Gasteiger partial charge in [0.1, 0.15) is 5.69 Å². The molecule has 1 atom stereocenters. The Kier molecular flexibility index (Phi) is 4.19. The number of aromatic amines is 2. The maximum atomic E-state index is 12.4. The third kappa shape index (κ3) is 2.81. The van der Waals surface area contributed by atoms with E-state index in [0.29, 0.717) is 5.69 Å². The van der Waals surface area contributed by atoms with Crippen LogP contribution in [-0.2, 0) is 0 Å². The van der Waals surface area contributed by atoms with Crippen LogP contribution >= 0.6 is 0 Å². The fraction of sp³-hybridized carbons (Fsp3) is 0.667. The molecule has 3 N–H and O–H groups in total. The van der Waals surface area contributed by atoms with Crippen LogP contribution in [0.25, 0.3) is 0 Å². The second-order valence-corrected chi connectivity index (χ2v) is 4.66. The summed E-state index contributed by atoms with van der Waals surface area (Å²) in [5.74, 6) is -0.0936. The molecular weight excluding hydrogens is 232 g/mol. The zero-order chi connectivity index (χ0) is 13.0. The largest absolute Gasteiger partial charge is 0.333 e. The number of piperidine rings is 1. The maximum Gasteiger partial charge on any atom is 0.323 e. The Balaban J connectivity index is 2.13. The number of nitrogens with zero attached hydrogens (tertiary/aromatic N) is 1. The number of nitrogens with one attached hydrogen (secondary N) is 3. The summed E-state index contributed by atoms with van der Waals surface area (Å²) in [5, 5.41) is 3.31. The normalized spacial score (nSPS) is 19.7. The van der Waals surface area contributed by atoms with Crippen LogP contribution in [0, 0.1) is 0 Å². The lowest BCUT2D eigenvalue weighted by atomic mass is 10.1. The van der Waals surface area contributed by atoms with E-state index in [9.17, 15) is 9.59 Å². The van der Waals surface area contributed by atoms with Gasteiger partial charge in [-0.25, -0.2) is 4.79 Å². The van der Waals surface area contributed by atoms with Gasteiger partial charge in [-0.3, -0.25) is 4.79 Å². The van der Waals surface area contributed by atoms with Gasteiger partial charge in [0, 0.05) is 25.3 Å². The lowest BCUT2D eigenvalue weighted by molar-refractivity contribution is 0.0643. The van der Waals surface area contributed by atoms with Crippen LogP contribution in [0.2, 0.25) is 0 Å². The molecule has 1 aromatic heterocycles. The van der Waals surface area contributed by atoms with Crippen LogP contribution < -0.4 is 11.0 Å². The molecular formula is C12H20N4O2. The quantitative estimate of drug-likeness (QED) is 0.721. The SMILES string of the molecule is CCCN(C(=O)c1c[nH]c(=O)[nH]1)C1CCCNC1. The van der Waals surface area contributed by atoms with Crippen LogP contribution in [0.15, 0.2) is 11.0 Å². The third-order valence-corrected chi connectivity index (χ3v) is 3.26. The zero-order valence-corrected chi connectivity index (χ0v) is 10.7. The van der Waals surface area contributed by atoms with Crippen LogP contribution in [0.4, 0.5) is 0 Å². The van der Waals surface area contributed by atoms with Gasteiger partial charge < -0.3 is 20.2 Å². The maximum absolute atomic E-state index is 12.4. The topological polar surface area (TPSA) is 81.0 Å². The number of hydrogen-bond acceptors (Lipinski definition) is 3. The number of carbonyl (C=O) groups is 1. The smallest absolute Gasteiger partial charge is 0.323 e. The van der Waals surface area contributed by atoms with Crippen LogP contribution in [0.3, 0.4) is 0 Å². The van der Waals surface area contributed by atoms with Gasteiger partial charge >= 0.3 is 5.69 Å². The van der Waals surface area contributed by atoms with E-state index in [1.54, 1.807) is 0 Å². The molecule has 1 aromatic rings. The molecule has 6 heteroatoms. The molecule has 0 radical (unpaired) electrons. The lowest BCUT2D eigenvalue weighted by Crippen LogP contribution is -2.49. The molecule has 2 heterocycles. The Hall–Kier alpha value is -1.56. The molecule has 2 rings (SSSR count). The Bertz CT molecular complexity index is 445. The summed E-state index contributed by atoms with van der Waals surface area (Å²) in [4.78, 5) is 30.3. The Morgan fingerprint density at radius 1 is 1.56 bits per heavy atom. The fourth-order valence-corrected chi connectivity index (χ4v) is 2.39. The first-order valence-corrected chi connectivity index (χ1v) is 6.51. The van der Waals surface area contributed by atoms with E-state index >= 15 is 0 Å². The molecule has 6 nitrogen and oxygen atoms in total. The van der Waals surface area contributed by atoms with E-state index in [4.69, 9.17) is 0 Å². The van der Waals surface area contributed by atoms with Gasteiger partial charge in [-0.05, 0) is 25.8 Å². The fourth-order valence-electron chi connectivity index (χ4n) is 2.39. The number of H-pyrrole nitrogens is 2. The zero-order valence-electron chi connectivity index (χ0n) is 10.7. The van der Waals surface area contributed by atoms with Gasteiger partial charge in [-0.15, -0.1) is 0 Å². The third-order valence-electron chi connectivity index (χ3n) is 3.26. The molecule has 0 aliphatic carbocycles. The minimum absolute atomic E-state index is 0.0936. The summed E-state index contributed by atoms with van der Waals surface area (Å²) in [6, 6.07) is 0.226. The van der Waals surface area contributed by atoms with Gasteiger partial charge in [-0.2, -0.15) is 0 Å². The standard InChI is InChI=1S/C12H20N4O2/c1-2-6-16(9-4-3-5-13-7-9)11(17)10-8-14-12(18)15-10/h8-9,13H,2-7H2,1H3,(H2,14,15,18). The van der Waals surface area contributed by atoms with Gasteiger partial charge in [0.25, 0.3) is 5.91 Å². The van der Waals surface area contributed by atoms with Crippen molar-refractivity contribution in [1.29, 1.82) is 0 Å². The Morgan fingerprint density at radius 3 is 2.94 bits per heavy atom. The van der Waals surface area contributed by atoms with Crippen molar-refractivity contribution >= 4 is 5.91 Å². The predicted octanol–water partition coefficient (Wildman–Crippen LogP) is 0.307. The van der Waals surface area contributed by atoms with Gasteiger partial charge in [0.2, 0.25) is 0 Å². The van der Waals surface area contributed by atoms with E-state index in [1.807, 2.05) is 4.90 Å². The number of amides is 1. The molecule has 1 unspecified atom stereocenters. The molecule has 1 aliphatic rings. The molecule has 1 aliphatic heterocycles. The summed E-state index contributed by atoms with van der Waals surface area (Å²) in [5.41, 5.74) is 0.00981. The summed E-state index contributed by atoms with van der Waals surface area (Å²) in [6.45, 7) is 4.63. The van der Waals surface area contributed by atoms with Crippen LogP contribution in [0.1, 0.15) is 36.7 Å². The highest BCUT2D eigenvalue weighted by molar-refractivity contribution is 5.92. The van der Waals surface area contributed by atoms with Crippen molar-refractivity contribution in [3.63, 3.8) is 0 Å². The number of imidazole rings is 1. The molecule has 1 saturated heterocycles. The van der Waals surface area contributed by atoms with Crippen molar-refractivity contribution < 1.29 is 4.79 Å². The van der Waals surface area contributed by atoms with Crippen molar-refractivity contribution in [2.45, 2.75) is 32.2 Å². The highest BCUT2D eigenvalue weighted by atomic mass is 16.2. The Labute approximate surface area is 106 Å². The van der Waals surface area contributed by atoms with Crippen molar-refractivity contribution in [1.82, 2.24) is 20.2 Å². The first-order valence-electron chi connectivity index (χ1n) is 6.51.